The highest BCUT2D eigenvalue weighted by molar-refractivity contribution is 6.43. The molecule has 0 aliphatic carbocycles. The smallest absolute Gasteiger partial charge is 0.262 e. The van der Waals surface area contributed by atoms with Crippen LogP contribution < -0.4 is 10.1 Å². The fraction of sp³-hybridized carbons (Fsp3) is 0.158. The van der Waals surface area contributed by atoms with Crippen LogP contribution in [0.25, 0.3) is 10.8 Å². The lowest BCUT2D eigenvalue weighted by atomic mass is 10.1. The van der Waals surface area contributed by atoms with E-state index in [1.165, 1.54) is 0 Å². The molecule has 0 fully saturated rings. The van der Waals surface area contributed by atoms with Gasteiger partial charge in [-0.05, 0) is 36.6 Å². The predicted molar refractivity (Wildman–Crippen MR) is 103 cm³/mol. The van der Waals surface area contributed by atoms with E-state index >= 15 is 0 Å². The van der Waals surface area contributed by atoms with Crippen LogP contribution in [0.2, 0.25) is 10.0 Å². The Labute approximate surface area is 160 Å². The molecule has 0 aliphatic rings. The highest BCUT2D eigenvalue weighted by Crippen LogP contribution is 2.37. The number of anilines is 1. The van der Waals surface area contributed by atoms with E-state index in [1.807, 2.05) is 18.2 Å². The highest BCUT2D eigenvalue weighted by Gasteiger charge is 2.15. The molecule has 0 radical (unpaired) electrons. The van der Waals surface area contributed by atoms with Crippen molar-refractivity contribution in [3.63, 3.8) is 0 Å². The number of benzene rings is 2. The number of fused-ring (bicyclic) bond motifs is 1. The van der Waals surface area contributed by atoms with Crippen LogP contribution in [0.5, 0.6) is 5.75 Å². The molecule has 2 N–H and O–H groups in total. The van der Waals surface area contributed by atoms with E-state index in [0.717, 1.165) is 10.8 Å². The van der Waals surface area contributed by atoms with Crippen molar-refractivity contribution in [2.24, 2.45) is 0 Å². The fourth-order valence-corrected chi connectivity index (χ4v) is 3.02. The van der Waals surface area contributed by atoms with E-state index in [4.69, 9.17) is 27.9 Å². The summed E-state index contributed by atoms with van der Waals surface area (Å²) in [6.45, 7) is 1.36. The van der Waals surface area contributed by atoms with Crippen molar-refractivity contribution in [1.82, 2.24) is 4.98 Å². The molecule has 1 heterocycles. The standard InChI is InChI=1S/C19H16Cl2N2O3/c1-11(24)15-4-5-16(19(21)18(15)20)26-10-17(25)23-14-3-2-13-9-22-7-6-12(13)8-14/h2-9,11,24H,10H2,1H3,(H,23,25). The molecule has 26 heavy (non-hydrogen) atoms. The van der Waals surface area contributed by atoms with Crippen molar-refractivity contribution < 1.29 is 14.6 Å². The fourth-order valence-electron chi connectivity index (χ4n) is 2.48. The lowest BCUT2D eigenvalue weighted by molar-refractivity contribution is -0.118. The zero-order valence-electron chi connectivity index (χ0n) is 13.9. The van der Waals surface area contributed by atoms with Gasteiger partial charge < -0.3 is 15.2 Å². The summed E-state index contributed by atoms with van der Waals surface area (Å²) in [4.78, 5) is 16.2. The summed E-state index contributed by atoms with van der Waals surface area (Å²) in [5.74, 6) is -0.0500. The third kappa shape index (κ3) is 4.07. The first kappa shape index (κ1) is 18.5. The third-order valence-electron chi connectivity index (χ3n) is 3.81. The number of hydrogen-bond donors (Lipinski definition) is 2. The van der Waals surface area contributed by atoms with Crippen LogP contribution in [-0.2, 0) is 4.79 Å². The van der Waals surface area contributed by atoms with Crippen LogP contribution in [0.1, 0.15) is 18.6 Å². The Bertz CT molecular complexity index is 961. The minimum atomic E-state index is -0.750. The van der Waals surface area contributed by atoms with E-state index < -0.39 is 6.10 Å². The van der Waals surface area contributed by atoms with Crippen molar-refractivity contribution in [3.05, 3.63) is 64.4 Å². The molecule has 5 nitrogen and oxygen atoms in total. The van der Waals surface area contributed by atoms with E-state index in [0.29, 0.717) is 11.3 Å². The van der Waals surface area contributed by atoms with Crippen LogP contribution in [-0.4, -0.2) is 22.6 Å². The number of nitrogens with zero attached hydrogens (tertiary/aromatic N) is 1. The van der Waals surface area contributed by atoms with Gasteiger partial charge in [0, 0.05) is 29.0 Å². The summed E-state index contributed by atoms with van der Waals surface area (Å²) in [5, 5.41) is 14.7. The van der Waals surface area contributed by atoms with E-state index in [1.54, 1.807) is 37.5 Å². The Kier molecular flexibility index (Phi) is 5.61. The van der Waals surface area contributed by atoms with E-state index in [9.17, 15) is 9.90 Å². The first-order valence-corrected chi connectivity index (χ1v) is 8.63. The van der Waals surface area contributed by atoms with Crippen molar-refractivity contribution in [2.75, 3.05) is 11.9 Å². The lowest BCUT2D eigenvalue weighted by Gasteiger charge is -2.13. The number of aliphatic hydroxyl groups excluding tert-OH is 1. The number of aliphatic hydroxyl groups is 1. The molecule has 0 bridgehead atoms. The Balaban J connectivity index is 1.66. The minimum Gasteiger partial charge on any atom is -0.482 e. The van der Waals surface area contributed by atoms with Crippen LogP contribution >= 0.6 is 23.2 Å². The average molecular weight is 391 g/mol. The topological polar surface area (TPSA) is 71.5 Å². The van der Waals surface area contributed by atoms with Gasteiger partial charge >= 0.3 is 0 Å². The quantitative estimate of drug-likeness (QED) is 0.666. The Morgan fingerprint density at radius 1 is 1.19 bits per heavy atom. The van der Waals surface area contributed by atoms with Crippen LogP contribution in [0.3, 0.4) is 0 Å². The van der Waals surface area contributed by atoms with Gasteiger partial charge in [-0.15, -0.1) is 0 Å². The maximum atomic E-state index is 12.1. The second kappa shape index (κ2) is 7.91. The molecule has 0 saturated carbocycles. The van der Waals surface area contributed by atoms with Crippen LogP contribution in [0.4, 0.5) is 5.69 Å². The molecule has 0 aliphatic heterocycles. The number of aromatic nitrogens is 1. The Morgan fingerprint density at radius 3 is 2.77 bits per heavy atom. The van der Waals surface area contributed by atoms with Crippen molar-refractivity contribution >= 4 is 45.6 Å². The number of amides is 1. The molecule has 1 atom stereocenters. The summed E-state index contributed by atoms with van der Waals surface area (Å²) in [7, 11) is 0. The number of halogens is 2. The van der Waals surface area contributed by atoms with Gasteiger partial charge in [0.25, 0.3) is 5.91 Å². The van der Waals surface area contributed by atoms with Gasteiger partial charge in [-0.25, -0.2) is 0 Å². The van der Waals surface area contributed by atoms with Gasteiger partial charge in [0.05, 0.1) is 11.1 Å². The monoisotopic (exact) mass is 390 g/mol. The maximum Gasteiger partial charge on any atom is 0.262 e. The molecule has 1 amide bonds. The van der Waals surface area contributed by atoms with Gasteiger partial charge in [0.15, 0.2) is 6.61 Å². The number of carbonyl (C=O) groups is 1. The molecule has 1 unspecified atom stereocenters. The van der Waals surface area contributed by atoms with Gasteiger partial charge in [0.1, 0.15) is 10.8 Å². The first-order valence-electron chi connectivity index (χ1n) is 7.88. The zero-order chi connectivity index (χ0) is 18.7. The van der Waals surface area contributed by atoms with Crippen molar-refractivity contribution in [3.8, 4) is 5.75 Å². The molecule has 2 aromatic carbocycles. The summed E-state index contributed by atoms with van der Waals surface area (Å²) >= 11 is 12.3. The number of hydrogen-bond acceptors (Lipinski definition) is 4. The average Bonchev–Trinajstić information content (AvgIpc) is 2.62. The molecule has 3 rings (SSSR count). The molecule has 0 spiro atoms. The molecule has 3 aromatic rings. The molecule has 7 heteroatoms. The van der Waals surface area contributed by atoms with Gasteiger partial charge in [-0.1, -0.05) is 35.3 Å². The number of pyridine rings is 1. The van der Waals surface area contributed by atoms with Gasteiger partial charge in [-0.2, -0.15) is 0 Å². The summed E-state index contributed by atoms with van der Waals surface area (Å²) in [6, 6.07) is 10.6. The van der Waals surface area contributed by atoms with E-state index in [2.05, 4.69) is 10.3 Å². The molecule has 0 saturated heterocycles. The predicted octanol–water partition coefficient (Wildman–Crippen LogP) is 4.61. The Hall–Kier alpha value is -2.34. The van der Waals surface area contributed by atoms with Crippen LogP contribution in [0, 0.1) is 0 Å². The second-order valence-electron chi connectivity index (χ2n) is 5.73. The van der Waals surface area contributed by atoms with Crippen molar-refractivity contribution in [2.45, 2.75) is 13.0 Å². The number of ether oxygens (including phenoxy) is 1. The summed E-state index contributed by atoms with van der Waals surface area (Å²) in [5.41, 5.74) is 1.16. The maximum absolute atomic E-state index is 12.1. The lowest BCUT2D eigenvalue weighted by Crippen LogP contribution is -2.20. The molecule has 1 aromatic heterocycles. The third-order valence-corrected chi connectivity index (χ3v) is 4.69. The van der Waals surface area contributed by atoms with Gasteiger partial charge in [0.2, 0.25) is 0 Å². The first-order chi connectivity index (χ1) is 12.5. The summed E-state index contributed by atoms with van der Waals surface area (Å²) < 4.78 is 5.45. The number of carbonyl (C=O) groups excluding carboxylic acids is 1. The highest BCUT2D eigenvalue weighted by atomic mass is 35.5. The second-order valence-corrected chi connectivity index (χ2v) is 6.49. The minimum absolute atomic E-state index is 0.163. The molecule has 134 valence electrons. The SMILES string of the molecule is CC(O)c1ccc(OCC(=O)Nc2ccc3cnccc3c2)c(Cl)c1Cl. The zero-order valence-corrected chi connectivity index (χ0v) is 15.4. The van der Waals surface area contributed by atoms with Crippen molar-refractivity contribution in [1.29, 1.82) is 0 Å². The number of nitrogens with one attached hydrogen (secondary N) is 1. The van der Waals surface area contributed by atoms with E-state index in [-0.39, 0.29) is 28.3 Å². The normalized spacial score (nSPS) is 12.0. The number of rotatable bonds is 5. The summed E-state index contributed by atoms with van der Waals surface area (Å²) in [6.07, 6.45) is 2.70. The Morgan fingerprint density at radius 2 is 2.00 bits per heavy atom. The molecular formula is C19H16Cl2N2O3. The largest absolute Gasteiger partial charge is 0.482 e. The van der Waals surface area contributed by atoms with Crippen LogP contribution in [0.15, 0.2) is 48.8 Å². The molecular weight excluding hydrogens is 375 g/mol. The van der Waals surface area contributed by atoms with Gasteiger partial charge in [-0.3, -0.25) is 9.78 Å².